The minimum absolute atomic E-state index is 0.253. The summed E-state index contributed by atoms with van der Waals surface area (Å²) in [7, 11) is 0. The third-order valence-electron chi connectivity index (χ3n) is 3.74. The number of pyridine rings is 1. The third kappa shape index (κ3) is 3.31. The van der Waals surface area contributed by atoms with Crippen molar-refractivity contribution in [3.8, 4) is 0 Å². The molecule has 2 unspecified atom stereocenters. The lowest BCUT2D eigenvalue weighted by molar-refractivity contribution is -0.133. The number of hydrogen-bond acceptors (Lipinski definition) is 2. The summed E-state index contributed by atoms with van der Waals surface area (Å²) in [5.41, 5.74) is 1.15. The van der Waals surface area contributed by atoms with Gasteiger partial charge in [0.2, 0.25) is 5.91 Å². The van der Waals surface area contributed by atoms with Gasteiger partial charge in [0, 0.05) is 31.9 Å². The highest BCUT2D eigenvalue weighted by molar-refractivity contribution is 5.77. The zero-order valence-corrected chi connectivity index (χ0v) is 11.3. The molecule has 0 N–H and O–H groups in total. The predicted molar refractivity (Wildman–Crippen MR) is 72.2 cm³/mol. The summed E-state index contributed by atoms with van der Waals surface area (Å²) in [5, 5.41) is 0. The van der Waals surface area contributed by atoms with Gasteiger partial charge in [-0.25, -0.2) is 0 Å². The molecule has 2 rings (SSSR count). The average molecular weight is 246 g/mol. The van der Waals surface area contributed by atoms with Gasteiger partial charge in [0.15, 0.2) is 0 Å². The first-order valence-corrected chi connectivity index (χ1v) is 6.84. The fourth-order valence-electron chi connectivity index (χ4n) is 2.59. The first-order chi connectivity index (χ1) is 8.66. The summed E-state index contributed by atoms with van der Waals surface area (Å²) in [6.45, 7) is 6.19. The molecule has 0 bridgehead atoms. The van der Waals surface area contributed by atoms with Gasteiger partial charge in [-0.1, -0.05) is 19.9 Å². The minimum atomic E-state index is 0.253. The van der Waals surface area contributed by atoms with Crippen LogP contribution in [0.2, 0.25) is 0 Å². The van der Waals surface area contributed by atoms with Crippen molar-refractivity contribution in [2.75, 3.05) is 13.1 Å². The number of carbonyl (C=O) groups is 1. The van der Waals surface area contributed by atoms with Crippen molar-refractivity contribution in [2.45, 2.75) is 39.0 Å². The SMILES string of the molecule is CC1CCCN(C(=O)CC(C)c2cccnc2)C1. The molecule has 1 aliphatic heterocycles. The second-order valence-electron chi connectivity index (χ2n) is 5.48. The van der Waals surface area contributed by atoms with Crippen LogP contribution in [0.3, 0.4) is 0 Å². The van der Waals surface area contributed by atoms with Crippen LogP contribution in [0.1, 0.15) is 44.6 Å². The molecule has 2 atom stereocenters. The maximum Gasteiger partial charge on any atom is 0.223 e. The van der Waals surface area contributed by atoms with E-state index in [0.717, 1.165) is 25.1 Å². The van der Waals surface area contributed by atoms with Crippen LogP contribution in [0.5, 0.6) is 0 Å². The Labute approximate surface area is 109 Å². The van der Waals surface area contributed by atoms with E-state index in [4.69, 9.17) is 0 Å². The monoisotopic (exact) mass is 246 g/mol. The summed E-state index contributed by atoms with van der Waals surface area (Å²) in [4.78, 5) is 18.4. The number of rotatable bonds is 3. The molecule has 1 aromatic rings. The highest BCUT2D eigenvalue weighted by Crippen LogP contribution is 2.21. The molecule has 1 aliphatic rings. The van der Waals surface area contributed by atoms with Crippen molar-refractivity contribution >= 4 is 5.91 Å². The standard InChI is InChI=1S/C15H22N2O/c1-12-5-4-8-17(11-12)15(18)9-13(2)14-6-3-7-16-10-14/h3,6-7,10,12-13H,4-5,8-9,11H2,1-2H3. The number of hydrogen-bond donors (Lipinski definition) is 0. The number of likely N-dealkylation sites (tertiary alicyclic amines) is 1. The molecule has 0 spiro atoms. The van der Waals surface area contributed by atoms with Crippen molar-refractivity contribution < 1.29 is 4.79 Å². The van der Waals surface area contributed by atoms with E-state index in [1.165, 1.54) is 6.42 Å². The van der Waals surface area contributed by atoms with Gasteiger partial charge in [0.1, 0.15) is 0 Å². The Balaban J connectivity index is 1.91. The molecule has 2 heterocycles. The van der Waals surface area contributed by atoms with Gasteiger partial charge in [0.05, 0.1) is 0 Å². The van der Waals surface area contributed by atoms with E-state index in [1.807, 2.05) is 23.2 Å². The number of aromatic nitrogens is 1. The molecular formula is C15H22N2O. The first-order valence-electron chi connectivity index (χ1n) is 6.84. The maximum atomic E-state index is 12.2. The lowest BCUT2D eigenvalue weighted by atomic mass is 9.96. The quantitative estimate of drug-likeness (QED) is 0.821. The van der Waals surface area contributed by atoms with Crippen LogP contribution in [0.4, 0.5) is 0 Å². The van der Waals surface area contributed by atoms with E-state index in [2.05, 4.69) is 18.8 Å². The van der Waals surface area contributed by atoms with Crippen molar-refractivity contribution in [1.82, 2.24) is 9.88 Å². The fourth-order valence-corrected chi connectivity index (χ4v) is 2.59. The number of nitrogens with zero attached hydrogens (tertiary/aromatic N) is 2. The summed E-state index contributed by atoms with van der Waals surface area (Å²) in [6.07, 6.45) is 6.62. The van der Waals surface area contributed by atoms with Gasteiger partial charge >= 0.3 is 0 Å². The third-order valence-corrected chi connectivity index (χ3v) is 3.74. The molecular weight excluding hydrogens is 224 g/mol. The van der Waals surface area contributed by atoms with Gasteiger partial charge in [-0.3, -0.25) is 9.78 Å². The Kier molecular flexibility index (Phi) is 4.34. The van der Waals surface area contributed by atoms with E-state index in [0.29, 0.717) is 12.3 Å². The van der Waals surface area contributed by atoms with Crippen LogP contribution in [0, 0.1) is 5.92 Å². The fraction of sp³-hybridized carbons (Fsp3) is 0.600. The van der Waals surface area contributed by atoms with E-state index in [9.17, 15) is 4.79 Å². The topological polar surface area (TPSA) is 33.2 Å². The average Bonchev–Trinajstić information content (AvgIpc) is 2.39. The van der Waals surface area contributed by atoms with Crippen molar-refractivity contribution in [2.24, 2.45) is 5.92 Å². The Morgan fingerprint density at radius 3 is 3.11 bits per heavy atom. The second kappa shape index (κ2) is 5.98. The van der Waals surface area contributed by atoms with Crippen LogP contribution < -0.4 is 0 Å². The molecule has 98 valence electrons. The zero-order chi connectivity index (χ0) is 13.0. The van der Waals surface area contributed by atoms with Crippen LogP contribution in [-0.4, -0.2) is 28.9 Å². The van der Waals surface area contributed by atoms with Gasteiger partial charge in [-0.15, -0.1) is 0 Å². The van der Waals surface area contributed by atoms with Crippen LogP contribution in [-0.2, 0) is 4.79 Å². The van der Waals surface area contributed by atoms with E-state index in [1.54, 1.807) is 6.20 Å². The molecule has 1 fully saturated rings. The summed E-state index contributed by atoms with van der Waals surface area (Å²) in [5.74, 6) is 1.19. The van der Waals surface area contributed by atoms with Gasteiger partial charge in [-0.05, 0) is 36.3 Å². The normalized spacial score (nSPS) is 21.7. The highest BCUT2D eigenvalue weighted by Gasteiger charge is 2.22. The lowest BCUT2D eigenvalue weighted by Gasteiger charge is -2.31. The van der Waals surface area contributed by atoms with Crippen LogP contribution in [0.25, 0.3) is 0 Å². The maximum absolute atomic E-state index is 12.2. The number of amides is 1. The summed E-state index contributed by atoms with van der Waals surface area (Å²) in [6, 6.07) is 3.98. The second-order valence-corrected chi connectivity index (χ2v) is 5.48. The molecule has 0 aromatic carbocycles. The Hall–Kier alpha value is -1.38. The van der Waals surface area contributed by atoms with E-state index < -0.39 is 0 Å². The number of piperidine rings is 1. The molecule has 1 amide bonds. The molecule has 18 heavy (non-hydrogen) atoms. The highest BCUT2D eigenvalue weighted by atomic mass is 16.2. The van der Waals surface area contributed by atoms with Gasteiger partial charge < -0.3 is 4.90 Å². The summed E-state index contributed by atoms with van der Waals surface area (Å²) < 4.78 is 0. The molecule has 1 saturated heterocycles. The van der Waals surface area contributed by atoms with Crippen molar-refractivity contribution in [3.05, 3.63) is 30.1 Å². The van der Waals surface area contributed by atoms with Gasteiger partial charge in [0.25, 0.3) is 0 Å². The van der Waals surface area contributed by atoms with Crippen molar-refractivity contribution in [3.63, 3.8) is 0 Å². The van der Waals surface area contributed by atoms with Crippen LogP contribution in [0.15, 0.2) is 24.5 Å². The minimum Gasteiger partial charge on any atom is -0.342 e. The Bertz CT molecular complexity index is 391. The molecule has 0 saturated carbocycles. The van der Waals surface area contributed by atoms with Crippen LogP contribution >= 0.6 is 0 Å². The Morgan fingerprint density at radius 1 is 1.61 bits per heavy atom. The molecule has 0 radical (unpaired) electrons. The Morgan fingerprint density at radius 2 is 2.44 bits per heavy atom. The molecule has 3 nitrogen and oxygen atoms in total. The molecule has 3 heteroatoms. The van der Waals surface area contributed by atoms with E-state index >= 15 is 0 Å². The molecule has 0 aliphatic carbocycles. The predicted octanol–water partition coefficient (Wildman–Crippen LogP) is 2.83. The zero-order valence-electron chi connectivity index (χ0n) is 11.3. The summed E-state index contributed by atoms with van der Waals surface area (Å²) >= 11 is 0. The lowest BCUT2D eigenvalue weighted by Crippen LogP contribution is -2.39. The first kappa shape index (κ1) is 13.1. The largest absolute Gasteiger partial charge is 0.342 e. The van der Waals surface area contributed by atoms with Crippen molar-refractivity contribution in [1.29, 1.82) is 0 Å². The number of carbonyl (C=O) groups excluding carboxylic acids is 1. The molecule has 1 aromatic heterocycles. The smallest absolute Gasteiger partial charge is 0.223 e. The van der Waals surface area contributed by atoms with Gasteiger partial charge in [-0.2, -0.15) is 0 Å². The van der Waals surface area contributed by atoms with E-state index in [-0.39, 0.29) is 11.8 Å².